The van der Waals surface area contributed by atoms with Crippen LogP contribution >= 0.6 is 0 Å². The molecule has 1 aromatic heterocycles. The number of hydrogen-bond donors (Lipinski definition) is 1. The normalized spacial score (nSPS) is 10.4. The average molecular weight is 272 g/mol. The van der Waals surface area contributed by atoms with E-state index in [9.17, 15) is 0 Å². The van der Waals surface area contributed by atoms with Gasteiger partial charge < -0.3 is 14.6 Å². The third-order valence-corrected chi connectivity index (χ3v) is 2.95. The highest BCUT2D eigenvalue weighted by Gasteiger charge is 2.00. The van der Waals surface area contributed by atoms with Gasteiger partial charge in [-0.05, 0) is 17.7 Å². The lowest BCUT2D eigenvalue weighted by molar-refractivity contribution is 0.363. The summed E-state index contributed by atoms with van der Waals surface area (Å²) in [6, 6.07) is 8.08. The summed E-state index contributed by atoms with van der Waals surface area (Å²) in [5.41, 5.74) is 1.23. The van der Waals surface area contributed by atoms with Crippen molar-refractivity contribution in [2.45, 2.75) is 13.0 Å². The Morgan fingerprint density at radius 2 is 2.15 bits per heavy atom. The van der Waals surface area contributed by atoms with Crippen molar-refractivity contribution in [3.8, 4) is 5.75 Å². The molecule has 5 nitrogen and oxygen atoms in total. The molecule has 0 radical (unpaired) electrons. The topological polar surface area (TPSA) is 52.0 Å². The molecular formula is C15H20N4O. The van der Waals surface area contributed by atoms with Crippen molar-refractivity contribution < 1.29 is 4.74 Å². The maximum atomic E-state index is 5.44. The van der Waals surface area contributed by atoms with Gasteiger partial charge in [-0.25, -0.2) is 0 Å². The van der Waals surface area contributed by atoms with Crippen LogP contribution in [0.4, 0.5) is 0 Å². The van der Waals surface area contributed by atoms with Gasteiger partial charge in [-0.2, -0.15) is 0 Å². The first kappa shape index (κ1) is 14.3. The van der Waals surface area contributed by atoms with E-state index in [1.807, 2.05) is 23.7 Å². The molecule has 5 heteroatoms. The first-order chi connectivity index (χ1) is 9.79. The predicted octanol–water partition coefficient (Wildman–Crippen LogP) is 1.71. The summed E-state index contributed by atoms with van der Waals surface area (Å²) in [6.07, 6.45) is 4.33. The molecule has 2 rings (SSSR count). The Morgan fingerprint density at radius 3 is 2.80 bits per heavy atom. The Hall–Kier alpha value is -2.14. The van der Waals surface area contributed by atoms with Gasteiger partial charge in [-0.1, -0.05) is 24.8 Å². The van der Waals surface area contributed by atoms with Crippen LogP contribution in [-0.2, 0) is 20.0 Å². The summed E-state index contributed by atoms with van der Waals surface area (Å²) in [7, 11) is 1.96. The molecule has 106 valence electrons. The lowest BCUT2D eigenvalue weighted by Crippen LogP contribution is -2.18. The molecule has 0 fully saturated rings. The highest BCUT2D eigenvalue weighted by Crippen LogP contribution is 2.11. The van der Waals surface area contributed by atoms with E-state index < -0.39 is 0 Å². The molecule has 1 aromatic carbocycles. The van der Waals surface area contributed by atoms with Crippen LogP contribution in [0.1, 0.15) is 11.4 Å². The van der Waals surface area contributed by atoms with Crippen LogP contribution in [0.3, 0.4) is 0 Å². The molecule has 0 saturated heterocycles. The van der Waals surface area contributed by atoms with Gasteiger partial charge in [0, 0.05) is 26.6 Å². The van der Waals surface area contributed by atoms with Gasteiger partial charge >= 0.3 is 0 Å². The molecule has 0 aliphatic carbocycles. The third-order valence-electron chi connectivity index (χ3n) is 2.95. The zero-order valence-electron chi connectivity index (χ0n) is 11.7. The van der Waals surface area contributed by atoms with Crippen LogP contribution in [0, 0.1) is 0 Å². The first-order valence-corrected chi connectivity index (χ1v) is 6.66. The van der Waals surface area contributed by atoms with Crippen LogP contribution in [0.2, 0.25) is 0 Å². The van der Waals surface area contributed by atoms with Crippen molar-refractivity contribution in [2.24, 2.45) is 7.05 Å². The van der Waals surface area contributed by atoms with E-state index in [4.69, 9.17) is 4.74 Å². The molecule has 1 N–H and O–H groups in total. The molecule has 0 bridgehead atoms. The number of nitrogens with zero attached hydrogens (tertiary/aromatic N) is 3. The summed E-state index contributed by atoms with van der Waals surface area (Å²) in [4.78, 5) is 0. The van der Waals surface area contributed by atoms with Crippen molar-refractivity contribution in [1.29, 1.82) is 0 Å². The molecule has 0 unspecified atom stereocenters. The van der Waals surface area contributed by atoms with Gasteiger partial charge in [0.2, 0.25) is 0 Å². The Bertz CT molecular complexity index is 533. The molecule has 0 atom stereocenters. The van der Waals surface area contributed by atoms with E-state index in [1.54, 1.807) is 12.4 Å². The molecule has 1 heterocycles. The highest BCUT2D eigenvalue weighted by atomic mass is 16.5. The van der Waals surface area contributed by atoms with E-state index in [2.05, 4.69) is 34.2 Å². The minimum absolute atomic E-state index is 0.537. The predicted molar refractivity (Wildman–Crippen MR) is 78.5 cm³/mol. The molecule has 2 aromatic rings. The van der Waals surface area contributed by atoms with Crippen LogP contribution in [0.5, 0.6) is 5.75 Å². The first-order valence-electron chi connectivity index (χ1n) is 6.66. The zero-order valence-corrected chi connectivity index (χ0v) is 11.7. The average Bonchev–Trinajstić information content (AvgIpc) is 2.88. The molecule has 0 amide bonds. The van der Waals surface area contributed by atoms with Crippen LogP contribution < -0.4 is 10.1 Å². The fraction of sp³-hybridized carbons (Fsp3) is 0.333. The van der Waals surface area contributed by atoms with Crippen molar-refractivity contribution in [2.75, 3.05) is 13.2 Å². The van der Waals surface area contributed by atoms with Gasteiger partial charge in [-0.15, -0.1) is 10.2 Å². The quantitative estimate of drug-likeness (QED) is 0.587. The fourth-order valence-electron chi connectivity index (χ4n) is 1.83. The second-order valence-electron chi connectivity index (χ2n) is 4.53. The standard InChI is InChI=1S/C15H20N4O/c1-3-10-20-14-6-4-13(5-7-14)11-16-9-8-15-18-17-12-19(15)2/h3-7,12,16H,1,8-11H2,2H3. The van der Waals surface area contributed by atoms with Crippen LogP contribution in [0.25, 0.3) is 0 Å². The van der Waals surface area contributed by atoms with Crippen LogP contribution in [0.15, 0.2) is 43.2 Å². The van der Waals surface area contributed by atoms with Crippen LogP contribution in [-0.4, -0.2) is 27.9 Å². The SMILES string of the molecule is C=CCOc1ccc(CNCCc2nncn2C)cc1. The van der Waals surface area contributed by atoms with Gasteiger partial charge in [0.15, 0.2) is 0 Å². The smallest absolute Gasteiger partial charge is 0.133 e. The van der Waals surface area contributed by atoms with Gasteiger partial charge in [0.1, 0.15) is 24.5 Å². The minimum atomic E-state index is 0.537. The monoisotopic (exact) mass is 272 g/mol. The second kappa shape index (κ2) is 7.45. The molecule has 20 heavy (non-hydrogen) atoms. The van der Waals surface area contributed by atoms with Crippen molar-refractivity contribution >= 4 is 0 Å². The van der Waals surface area contributed by atoms with Crippen molar-refractivity contribution in [3.05, 3.63) is 54.6 Å². The van der Waals surface area contributed by atoms with E-state index in [1.165, 1.54) is 5.56 Å². The van der Waals surface area contributed by atoms with Gasteiger partial charge in [-0.3, -0.25) is 0 Å². The number of aryl methyl sites for hydroxylation is 1. The Morgan fingerprint density at radius 1 is 1.35 bits per heavy atom. The zero-order chi connectivity index (χ0) is 14.2. The largest absolute Gasteiger partial charge is 0.490 e. The molecule has 0 saturated carbocycles. The summed E-state index contributed by atoms with van der Waals surface area (Å²) in [5.74, 6) is 1.86. The highest BCUT2D eigenvalue weighted by molar-refractivity contribution is 5.27. The second-order valence-corrected chi connectivity index (χ2v) is 4.53. The third kappa shape index (κ3) is 4.20. The van der Waals surface area contributed by atoms with E-state index in [0.29, 0.717) is 6.61 Å². The summed E-state index contributed by atoms with van der Waals surface area (Å²) >= 11 is 0. The van der Waals surface area contributed by atoms with Gasteiger partial charge in [0.05, 0.1) is 0 Å². The number of rotatable bonds is 8. The molecule has 0 spiro atoms. The summed E-state index contributed by atoms with van der Waals surface area (Å²) in [6.45, 7) is 5.87. The summed E-state index contributed by atoms with van der Waals surface area (Å²) in [5, 5.41) is 11.3. The van der Waals surface area contributed by atoms with Gasteiger partial charge in [0.25, 0.3) is 0 Å². The number of hydrogen-bond acceptors (Lipinski definition) is 4. The lowest BCUT2D eigenvalue weighted by atomic mass is 10.2. The Kier molecular flexibility index (Phi) is 5.32. The minimum Gasteiger partial charge on any atom is -0.490 e. The Labute approximate surface area is 119 Å². The number of ether oxygens (including phenoxy) is 1. The van der Waals surface area contributed by atoms with E-state index >= 15 is 0 Å². The van der Waals surface area contributed by atoms with E-state index in [0.717, 1.165) is 31.1 Å². The lowest BCUT2D eigenvalue weighted by Gasteiger charge is -2.06. The van der Waals surface area contributed by atoms with E-state index in [-0.39, 0.29) is 0 Å². The molecular weight excluding hydrogens is 252 g/mol. The Balaban J connectivity index is 1.71. The van der Waals surface area contributed by atoms with Crippen molar-refractivity contribution in [3.63, 3.8) is 0 Å². The summed E-state index contributed by atoms with van der Waals surface area (Å²) < 4.78 is 7.38. The fourth-order valence-corrected chi connectivity index (χ4v) is 1.83. The molecule has 0 aliphatic heterocycles. The number of benzene rings is 1. The maximum absolute atomic E-state index is 5.44. The number of nitrogens with one attached hydrogen (secondary N) is 1. The number of aromatic nitrogens is 3. The molecule has 0 aliphatic rings. The maximum Gasteiger partial charge on any atom is 0.133 e. The van der Waals surface area contributed by atoms with Crippen molar-refractivity contribution in [1.82, 2.24) is 20.1 Å².